The number of guanidine groups is 1. The van der Waals surface area contributed by atoms with E-state index in [4.69, 9.17) is 45.7 Å². The van der Waals surface area contributed by atoms with E-state index in [1.807, 2.05) is 0 Å². The van der Waals surface area contributed by atoms with Crippen LogP contribution in [-0.4, -0.2) is 326 Å². The molecule has 0 spiro atoms. The van der Waals surface area contributed by atoms with E-state index >= 15 is 0 Å². The molecule has 2 aromatic carbocycles. The molecule has 2 aliphatic rings. The van der Waals surface area contributed by atoms with Crippen LogP contribution in [0.1, 0.15) is 67.5 Å². The van der Waals surface area contributed by atoms with Crippen molar-refractivity contribution in [3.63, 3.8) is 0 Å². The number of aliphatic hydroxyl groups is 9. The molecule has 15 atom stereocenters. The van der Waals surface area contributed by atoms with Crippen LogP contribution in [0.15, 0.2) is 59.6 Å². The van der Waals surface area contributed by atoms with Gasteiger partial charge in [0, 0.05) is 73.6 Å². The molecule has 0 saturated carbocycles. The van der Waals surface area contributed by atoms with Gasteiger partial charge < -0.3 is 108 Å². The van der Waals surface area contributed by atoms with Crippen LogP contribution >= 0.6 is 33.3 Å². The molecule has 0 aromatic heterocycles. The molecule has 2 saturated heterocycles. The molecule has 2 fully saturated rings. The molecule has 2 aromatic rings. The van der Waals surface area contributed by atoms with Gasteiger partial charge in [-0.1, -0.05) is 82.6 Å². The average Bonchev–Trinajstić information content (AvgIpc) is 1.02. The van der Waals surface area contributed by atoms with Crippen molar-refractivity contribution in [2.75, 3.05) is 149 Å². The van der Waals surface area contributed by atoms with E-state index < -0.39 is 159 Å². The number of nitro groups is 1. The lowest BCUT2D eigenvalue weighted by Gasteiger charge is -2.33. The smallest absolute Gasteiger partial charge is 0.246 e. The lowest BCUT2D eigenvalue weighted by molar-refractivity contribution is -0.493. The maximum Gasteiger partial charge on any atom is 0.246 e. The van der Waals surface area contributed by atoms with Crippen LogP contribution in [0.4, 0.5) is 4.39 Å². The predicted molar refractivity (Wildman–Crippen MR) is 395 cm³/mol. The van der Waals surface area contributed by atoms with Crippen molar-refractivity contribution in [2.45, 2.75) is 143 Å². The predicted octanol–water partition coefficient (Wildman–Crippen LogP) is -7.21. The standard InChI is InChI=1S/C64H112FN17O22S3/c1-81(104-29-28-99-21-16-65)50(33-82(97)98)41-12-14-42(15-13-41)56(89)70-17-6-5-10-44-59(92)79-48-37-106-107-38-49(80-61(94)46(31-55(87)88)75-52(84)32-73-57(90)43(76-62(48)95)11-7-18-72-64(67)68)63(96)77-45(30-40-8-3-2-4-9-40)60(93)78-47(36-105-39-54(86)74-44)58(91)71-20-23-101-25-27-102-26-24-100-22-19-69-53(85)35-103-34-51(66)83/h2-4,8-9,12-15,43-50,52,54-60,70-71,73-75,78-79,84,86-93H,5-7,10-11,16-39H2,1H3,(H2,66,83)(H,69,85)(H,76,95)(H,77,96)(H,80,94)(H4,67,68,72)/t43-,44-,45-,46-,47-,48-,49-,50?,52-,54-,56-,57+,58-,59+,60+/m0/s1/i65-1. The van der Waals surface area contributed by atoms with Crippen LogP contribution in [0.25, 0.3) is 0 Å². The summed E-state index contributed by atoms with van der Waals surface area (Å²) in [5.74, 6) is -4.44. The normalized spacial score (nSPS) is 24.6. The zero-order chi connectivity index (χ0) is 78.3. The fraction of sp³-hybridized carbons (Fsp3) is 0.719. The highest BCUT2D eigenvalue weighted by molar-refractivity contribution is 8.76. The third-order valence-electron chi connectivity index (χ3n) is 16.2. The Bertz CT molecular complexity index is 2840. The van der Waals surface area contributed by atoms with Crippen molar-refractivity contribution in [2.24, 2.45) is 22.2 Å². The van der Waals surface area contributed by atoms with Gasteiger partial charge in [0.1, 0.15) is 75.6 Å². The Labute approximate surface area is 632 Å². The number of halogens is 1. The Kier molecular flexibility index (Phi) is 48.3. The molecule has 5 amide bonds. The number of nitrogens with two attached hydrogens (primary N) is 3. The van der Waals surface area contributed by atoms with Gasteiger partial charge in [-0.2, -0.15) is 16.8 Å². The quantitative estimate of drug-likeness (QED) is 0.00558. The molecular weight excluding hydrogens is 1470 g/mol. The summed E-state index contributed by atoms with van der Waals surface area (Å²) >= 11 is 1.13. The second kappa shape index (κ2) is 55.0. The zero-order valence-corrected chi connectivity index (χ0v) is 62.4. The monoisotopic (exact) mass is 1580 g/mol. The molecule has 0 aliphatic carbocycles. The fourth-order valence-corrected chi connectivity index (χ4v) is 14.0. The Morgan fingerprint density at radius 3 is 1.96 bits per heavy atom. The van der Waals surface area contributed by atoms with E-state index in [-0.39, 0.29) is 154 Å². The molecule has 39 nitrogen and oxygen atoms in total. The number of likely N-dealkylation sites (N-methyl/N-ethyl adjacent to an activating group) is 1. The summed E-state index contributed by atoms with van der Waals surface area (Å²) in [6.07, 6.45) is -12.3. The van der Waals surface area contributed by atoms with E-state index in [0.29, 0.717) is 29.5 Å². The minimum Gasteiger partial charge on any atom is -0.378 e. The van der Waals surface area contributed by atoms with Crippen molar-refractivity contribution < 1.29 is 108 Å². The number of carbonyl (C=O) groups is 5. The number of hydroxylamine groups is 2. The Morgan fingerprint density at radius 2 is 1.29 bits per heavy atom. The maximum atomic E-state index is 14.8. The Hall–Kier alpha value is -5.48. The lowest BCUT2D eigenvalue weighted by Crippen LogP contribution is -2.62. The van der Waals surface area contributed by atoms with Crippen molar-refractivity contribution >= 4 is 68.8 Å². The number of nitrogens with one attached hydrogen (secondary N) is 11. The van der Waals surface area contributed by atoms with Crippen LogP contribution < -0.4 is 75.7 Å². The number of hydrogen-bond acceptors (Lipinski definition) is 34. The van der Waals surface area contributed by atoms with Gasteiger partial charge in [0.2, 0.25) is 36.1 Å². The van der Waals surface area contributed by atoms with E-state index in [0.717, 1.165) is 33.3 Å². The number of carbonyl (C=O) groups excluding carboxylic acids is 5. The van der Waals surface area contributed by atoms with E-state index in [2.05, 4.69) is 63.5 Å². The van der Waals surface area contributed by atoms with E-state index in [1.165, 1.54) is 12.1 Å². The summed E-state index contributed by atoms with van der Waals surface area (Å²) in [7, 11) is 3.58. The van der Waals surface area contributed by atoms with Gasteiger partial charge in [-0.25, -0.2) is 4.39 Å². The summed E-state index contributed by atoms with van der Waals surface area (Å²) in [6, 6.07) is 5.57. The van der Waals surface area contributed by atoms with Crippen molar-refractivity contribution in [1.29, 1.82) is 0 Å². The van der Waals surface area contributed by atoms with Crippen LogP contribution in [-0.2, 0) is 58.9 Å². The van der Waals surface area contributed by atoms with Crippen LogP contribution in [0.3, 0.4) is 0 Å². The number of aliphatic imine (C=N–C) groups is 1. The average molecular weight is 1590 g/mol. The van der Waals surface area contributed by atoms with Gasteiger partial charge >= 0.3 is 0 Å². The molecule has 2 bridgehead atoms. The number of rotatable bonds is 43. The van der Waals surface area contributed by atoms with Crippen molar-refractivity contribution in [3.8, 4) is 0 Å². The van der Waals surface area contributed by atoms with Gasteiger partial charge in [0.15, 0.2) is 12.2 Å². The minimum atomic E-state index is -2.10. The summed E-state index contributed by atoms with van der Waals surface area (Å²) in [5, 5.41) is 147. The van der Waals surface area contributed by atoms with Gasteiger partial charge in [-0.3, -0.25) is 81.1 Å². The molecule has 0 radical (unpaired) electrons. The van der Waals surface area contributed by atoms with Crippen LogP contribution in [0.5, 0.6) is 0 Å². The first-order valence-corrected chi connectivity index (χ1v) is 38.7. The van der Waals surface area contributed by atoms with Crippen LogP contribution in [0, 0.1) is 10.1 Å². The maximum absolute atomic E-state index is 14.8. The number of thioether (sulfide) groups is 1. The van der Waals surface area contributed by atoms with E-state index in [9.17, 15) is 84.4 Å². The van der Waals surface area contributed by atoms with E-state index in [1.54, 1.807) is 54.6 Å². The highest BCUT2D eigenvalue weighted by Crippen LogP contribution is 2.26. The molecule has 107 heavy (non-hydrogen) atoms. The zero-order valence-electron chi connectivity index (χ0n) is 59.9. The second-order valence-corrected chi connectivity index (χ2v) is 28.4. The number of nitrogens with zero attached hydrogens (tertiary/aromatic N) is 3. The number of hydrogen-bond donors (Lipinski definition) is 23. The first-order chi connectivity index (χ1) is 51.3. The lowest BCUT2D eigenvalue weighted by atomic mass is 10.0. The third-order valence-corrected chi connectivity index (χ3v) is 19.7. The first kappa shape index (κ1) is 93.9. The number of β-amino-alcohol motifs (C(OH)–C–C–N with tert-alkyl or cyclic N) is 1. The highest BCUT2D eigenvalue weighted by atomic mass is 33.1. The van der Waals surface area contributed by atoms with Crippen LogP contribution in [0.2, 0.25) is 0 Å². The topological polar surface area (TPSA) is 592 Å². The molecule has 43 heteroatoms. The number of unbranched alkanes of at least 4 members (excludes halogenated alkanes) is 1. The van der Waals surface area contributed by atoms with Gasteiger partial charge in [-0.05, 0) is 55.3 Å². The summed E-state index contributed by atoms with van der Waals surface area (Å²) < 4.78 is 39.2. The van der Waals surface area contributed by atoms with Crippen molar-refractivity contribution in [1.82, 2.24) is 63.5 Å². The van der Waals surface area contributed by atoms with Crippen molar-refractivity contribution in [3.05, 3.63) is 81.4 Å². The SMILES string of the molecule is CN(OCCOCC[18F])C(C[N+](=O)[O-])c1ccc([C@H](O)NCCCC[C@@H]2N[C@@H](O)CSC[C@@H]([C@H](O)NCCOCCOCCOCCNC(=O)COCC(N)=O)N[C@H](O)[C@H](Cc3ccccc3)NC(=O)[C@@H]3CSSC[C@H](N[C@@H]2O)C(=O)N[C@@H](CCCN=C(N)N)[C@@H](O)NC[C@H](O)N[C@@H](CC(O)O)C(=O)N3)cc1. The fourth-order valence-electron chi connectivity index (χ4n) is 10.7. The highest BCUT2D eigenvalue weighted by Gasteiger charge is 2.36. The Balaban J connectivity index is 1.63. The Morgan fingerprint density at radius 1 is 0.664 bits per heavy atom. The molecular formula is C64H112FN17O22S3. The number of ether oxygens (including phenoxy) is 5. The number of primary amides is 1. The van der Waals surface area contributed by atoms with Gasteiger partial charge in [-0.15, -0.1) is 0 Å². The summed E-state index contributed by atoms with van der Waals surface area (Å²) in [6.45, 7) is -0.851. The largest absolute Gasteiger partial charge is 0.378 e. The molecule has 26 N–H and O–H groups in total. The third kappa shape index (κ3) is 40.9. The second-order valence-electron chi connectivity index (χ2n) is 24.8. The van der Waals surface area contributed by atoms with Gasteiger partial charge in [0.25, 0.3) is 0 Å². The summed E-state index contributed by atoms with van der Waals surface area (Å²) in [4.78, 5) is 87.2. The molecule has 4 rings (SSSR count). The number of fused-ring (bicyclic) bond motifs is 5. The number of amides is 5. The molecule has 2 aliphatic heterocycles. The summed E-state index contributed by atoms with van der Waals surface area (Å²) in [5.41, 5.74) is 17.7. The molecule has 1 unspecified atom stereocenters. The number of alkyl halides is 1. The van der Waals surface area contributed by atoms with Gasteiger partial charge in [0.05, 0.1) is 89.7 Å². The molecule has 2 heterocycles. The number of benzene rings is 2. The minimum absolute atomic E-state index is 0.0155. The number of aliphatic hydroxyl groups excluding tert-OH is 8. The first-order valence-electron chi connectivity index (χ1n) is 35.1. The molecule has 610 valence electrons.